The number of hydrogen-bond acceptors (Lipinski definition) is 6. The number of fused-ring (bicyclic) bond motifs is 1. The van der Waals surface area contributed by atoms with Crippen LogP contribution in [0.15, 0.2) is 24.4 Å². The Morgan fingerprint density at radius 2 is 2.28 bits per heavy atom. The van der Waals surface area contributed by atoms with Crippen LogP contribution in [0.3, 0.4) is 0 Å². The van der Waals surface area contributed by atoms with Gasteiger partial charge in [0.15, 0.2) is 5.82 Å². The van der Waals surface area contributed by atoms with Gasteiger partial charge in [-0.05, 0) is 30.7 Å². The third kappa shape index (κ3) is 3.46. The Bertz CT molecular complexity index is 777. The Morgan fingerprint density at radius 3 is 3.00 bits per heavy atom. The lowest BCUT2D eigenvalue weighted by Gasteiger charge is -2.29. The zero-order valence-electron chi connectivity index (χ0n) is 14.2. The second-order valence-corrected chi connectivity index (χ2v) is 7.58. The predicted molar refractivity (Wildman–Crippen MR) is 99.4 cm³/mol. The van der Waals surface area contributed by atoms with E-state index in [1.807, 2.05) is 34.9 Å². The van der Waals surface area contributed by atoms with Gasteiger partial charge < -0.3 is 10.2 Å². The number of aromatic nitrogens is 3. The van der Waals surface area contributed by atoms with Crippen molar-refractivity contribution in [2.24, 2.45) is 0 Å². The Labute approximate surface area is 151 Å². The molecule has 0 bridgehead atoms. The SMILES string of the molecule is CC(=O)N1CCc2c(nc(-c3ccccn3)nc2N[C@H]2CCSC2)C1. The lowest BCUT2D eigenvalue weighted by atomic mass is 10.0. The average Bonchev–Trinajstić information content (AvgIpc) is 3.15. The first-order chi connectivity index (χ1) is 12.2. The van der Waals surface area contributed by atoms with Crippen LogP contribution in [-0.2, 0) is 17.8 Å². The molecule has 7 heteroatoms. The molecule has 1 saturated heterocycles. The molecule has 2 aromatic rings. The zero-order chi connectivity index (χ0) is 17.2. The standard InChI is InChI=1S/C18H21N5OS/c1-12(24)23-8-5-14-16(10-23)21-18(15-4-2-3-7-19-15)22-17(14)20-13-6-9-25-11-13/h2-4,7,13H,5-6,8-11H2,1H3,(H,20,21,22)/t13-/m0/s1. The van der Waals surface area contributed by atoms with Gasteiger partial charge >= 0.3 is 0 Å². The largest absolute Gasteiger partial charge is 0.366 e. The van der Waals surface area contributed by atoms with Crippen molar-refractivity contribution in [2.45, 2.75) is 32.4 Å². The van der Waals surface area contributed by atoms with E-state index in [-0.39, 0.29) is 5.91 Å². The van der Waals surface area contributed by atoms with E-state index in [9.17, 15) is 4.79 Å². The molecule has 0 unspecified atom stereocenters. The van der Waals surface area contributed by atoms with Gasteiger partial charge in [-0.2, -0.15) is 11.8 Å². The molecule has 0 aliphatic carbocycles. The first kappa shape index (κ1) is 16.3. The maximum atomic E-state index is 11.8. The molecule has 6 nitrogen and oxygen atoms in total. The summed E-state index contributed by atoms with van der Waals surface area (Å²) in [5, 5.41) is 3.62. The van der Waals surface area contributed by atoms with Crippen LogP contribution in [0.1, 0.15) is 24.6 Å². The van der Waals surface area contributed by atoms with Crippen molar-refractivity contribution in [3.05, 3.63) is 35.7 Å². The Morgan fingerprint density at radius 1 is 1.36 bits per heavy atom. The molecule has 2 aliphatic heterocycles. The Balaban J connectivity index is 1.73. The molecule has 0 aromatic carbocycles. The number of nitrogens with zero attached hydrogens (tertiary/aromatic N) is 4. The van der Waals surface area contributed by atoms with Crippen LogP contribution in [0, 0.1) is 0 Å². The van der Waals surface area contributed by atoms with Crippen molar-refractivity contribution >= 4 is 23.5 Å². The lowest BCUT2D eigenvalue weighted by Crippen LogP contribution is -2.36. The fourth-order valence-corrected chi connectivity index (χ4v) is 4.42. The number of pyridine rings is 1. The van der Waals surface area contributed by atoms with Gasteiger partial charge in [0.1, 0.15) is 11.5 Å². The van der Waals surface area contributed by atoms with Crippen LogP contribution < -0.4 is 5.32 Å². The second kappa shape index (κ2) is 7.00. The first-order valence-corrected chi connectivity index (χ1v) is 9.77. The van der Waals surface area contributed by atoms with Crippen molar-refractivity contribution in [1.82, 2.24) is 19.9 Å². The minimum absolute atomic E-state index is 0.0883. The fraction of sp³-hybridized carbons (Fsp3) is 0.444. The van der Waals surface area contributed by atoms with E-state index in [4.69, 9.17) is 9.97 Å². The summed E-state index contributed by atoms with van der Waals surface area (Å²) in [6, 6.07) is 6.19. The van der Waals surface area contributed by atoms with E-state index in [1.165, 1.54) is 5.75 Å². The maximum Gasteiger partial charge on any atom is 0.219 e. The molecule has 1 amide bonds. The Kier molecular flexibility index (Phi) is 4.57. The monoisotopic (exact) mass is 355 g/mol. The van der Waals surface area contributed by atoms with E-state index >= 15 is 0 Å². The zero-order valence-corrected chi connectivity index (χ0v) is 15.1. The molecule has 4 heterocycles. The quantitative estimate of drug-likeness (QED) is 0.911. The number of anilines is 1. The van der Waals surface area contributed by atoms with Crippen LogP contribution in [0.2, 0.25) is 0 Å². The van der Waals surface area contributed by atoms with Crippen molar-refractivity contribution in [3.63, 3.8) is 0 Å². The van der Waals surface area contributed by atoms with Gasteiger partial charge in [-0.3, -0.25) is 9.78 Å². The van der Waals surface area contributed by atoms with E-state index in [0.29, 0.717) is 18.4 Å². The van der Waals surface area contributed by atoms with Gasteiger partial charge in [0.05, 0.1) is 12.2 Å². The minimum atomic E-state index is 0.0883. The number of thioether (sulfide) groups is 1. The summed E-state index contributed by atoms with van der Waals surface area (Å²) in [6.45, 7) is 2.88. The second-order valence-electron chi connectivity index (χ2n) is 6.43. The van der Waals surface area contributed by atoms with Crippen molar-refractivity contribution in [3.8, 4) is 11.5 Å². The fourth-order valence-electron chi connectivity index (χ4n) is 3.27. The molecule has 1 fully saturated rings. The number of rotatable bonds is 3. The van der Waals surface area contributed by atoms with E-state index < -0.39 is 0 Å². The van der Waals surface area contributed by atoms with E-state index in [2.05, 4.69) is 10.3 Å². The highest BCUT2D eigenvalue weighted by atomic mass is 32.2. The molecular formula is C18H21N5OS. The third-order valence-electron chi connectivity index (χ3n) is 4.67. The van der Waals surface area contributed by atoms with Gasteiger partial charge in [0.25, 0.3) is 0 Å². The van der Waals surface area contributed by atoms with E-state index in [0.717, 1.165) is 47.9 Å². The molecule has 1 atom stereocenters. The number of carbonyl (C=O) groups excluding carboxylic acids is 1. The minimum Gasteiger partial charge on any atom is -0.366 e. The van der Waals surface area contributed by atoms with Crippen LogP contribution in [0.4, 0.5) is 5.82 Å². The maximum absolute atomic E-state index is 11.8. The summed E-state index contributed by atoms with van der Waals surface area (Å²) in [6.07, 6.45) is 3.70. The molecule has 0 spiro atoms. The predicted octanol–water partition coefficient (Wildman–Crippen LogP) is 2.36. The molecule has 2 aromatic heterocycles. The Hall–Kier alpha value is -2.15. The highest BCUT2D eigenvalue weighted by Crippen LogP contribution is 2.29. The summed E-state index contributed by atoms with van der Waals surface area (Å²) in [7, 11) is 0. The van der Waals surface area contributed by atoms with Crippen molar-refractivity contribution in [1.29, 1.82) is 0 Å². The molecular weight excluding hydrogens is 334 g/mol. The number of hydrogen-bond donors (Lipinski definition) is 1. The molecule has 25 heavy (non-hydrogen) atoms. The summed E-state index contributed by atoms with van der Waals surface area (Å²) < 4.78 is 0. The van der Waals surface area contributed by atoms with Crippen LogP contribution >= 0.6 is 11.8 Å². The smallest absolute Gasteiger partial charge is 0.219 e. The van der Waals surface area contributed by atoms with Crippen LogP contribution in [0.25, 0.3) is 11.5 Å². The summed E-state index contributed by atoms with van der Waals surface area (Å²) in [4.78, 5) is 27.5. The van der Waals surface area contributed by atoms with Crippen LogP contribution in [0.5, 0.6) is 0 Å². The molecule has 0 radical (unpaired) electrons. The topological polar surface area (TPSA) is 71.0 Å². The molecule has 130 valence electrons. The van der Waals surface area contributed by atoms with Gasteiger partial charge in [-0.1, -0.05) is 6.07 Å². The van der Waals surface area contributed by atoms with Gasteiger partial charge in [0, 0.05) is 37.0 Å². The number of amides is 1. The third-order valence-corrected chi connectivity index (χ3v) is 5.84. The van der Waals surface area contributed by atoms with Gasteiger partial charge in [0.2, 0.25) is 5.91 Å². The summed E-state index contributed by atoms with van der Waals surface area (Å²) >= 11 is 1.97. The van der Waals surface area contributed by atoms with Gasteiger partial charge in [-0.15, -0.1) is 0 Å². The highest BCUT2D eigenvalue weighted by molar-refractivity contribution is 7.99. The molecule has 4 rings (SSSR count). The van der Waals surface area contributed by atoms with E-state index in [1.54, 1.807) is 13.1 Å². The van der Waals surface area contributed by atoms with Crippen LogP contribution in [-0.4, -0.2) is 49.9 Å². The molecule has 1 N–H and O–H groups in total. The molecule has 2 aliphatic rings. The van der Waals surface area contributed by atoms with Crippen molar-refractivity contribution in [2.75, 3.05) is 23.4 Å². The number of carbonyl (C=O) groups is 1. The number of nitrogens with one attached hydrogen (secondary N) is 1. The normalized spacial score (nSPS) is 19.6. The van der Waals surface area contributed by atoms with Crippen molar-refractivity contribution < 1.29 is 4.79 Å². The highest BCUT2D eigenvalue weighted by Gasteiger charge is 2.26. The summed E-state index contributed by atoms with van der Waals surface area (Å²) in [5.41, 5.74) is 2.84. The first-order valence-electron chi connectivity index (χ1n) is 8.61. The lowest BCUT2D eigenvalue weighted by molar-refractivity contribution is -0.129. The summed E-state index contributed by atoms with van der Waals surface area (Å²) in [5.74, 6) is 3.93. The van der Waals surface area contributed by atoms with Gasteiger partial charge in [-0.25, -0.2) is 9.97 Å². The average molecular weight is 355 g/mol. The molecule has 0 saturated carbocycles.